The fourth-order valence-corrected chi connectivity index (χ4v) is 3.22. The molecule has 0 spiro atoms. The topological polar surface area (TPSA) is 43.4 Å². The Kier molecular flexibility index (Phi) is 5.07. The Morgan fingerprint density at radius 2 is 1.80 bits per heavy atom. The van der Waals surface area contributed by atoms with Crippen molar-refractivity contribution in [2.75, 3.05) is 6.61 Å². The van der Waals surface area contributed by atoms with Gasteiger partial charge in [0.15, 0.2) is 0 Å². The van der Waals surface area contributed by atoms with Crippen molar-refractivity contribution in [1.29, 1.82) is 0 Å². The second-order valence-electron chi connectivity index (χ2n) is 4.11. The third-order valence-electron chi connectivity index (χ3n) is 2.66. The van der Waals surface area contributed by atoms with Gasteiger partial charge < -0.3 is 4.74 Å². The molecule has 0 saturated carbocycles. The average molecular weight is 376 g/mol. The SMILES string of the molecule is O=S(=O)(Cl)c1cc(Br)ccc1OCCc1ccccc1. The van der Waals surface area contributed by atoms with E-state index in [1.54, 1.807) is 12.1 Å². The van der Waals surface area contributed by atoms with Gasteiger partial charge in [-0.3, -0.25) is 0 Å². The van der Waals surface area contributed by atoms with Gasteiger partial charge in [-0.05, 0) is 23.8 Å². The summed E-state index contributed by atoms with van der Waals surface area (Å²) in [7, 11) is 1.57. The molecule has 2 aromatic rings. The highest BCUT2D eigenvalue weighted by atomic mass is 79.9. The first-order chi connectivity index (χ1) is 9.47. The minimum absolute atomic E-state index is 0.0263. The highest BCUT2D eigenvalue weighted by Crippen LogP contribution is 2.30. The molecule has 0 saturated heterocycles. The van der Waals surface area contributed by atoms with Crippen LogP contribution in [-0.4, -0.2) is 15.0 Å². The molecule has 20 heavy (non-hydrogen) atoms. The quantitative estimate of drug-likeness (QED) is 0.742. The first kappa shape index (κ1) is 15.4. The average Bonchev–Trinajstić information content (AvgIpc) is 2.40. The second kappa shape index (κ2) is 6.61. The molecule has 0 heterocycles. The van der Waals surface area contributed by atoms with Gasteiger partial charge in [0.25, 0.3) is 9.05 Å². The number of hydrogen-bond acceptors (Lipinski definition) is 3. The van der Waals surface area contributed by atoms with E-state index in [4.69, 9.17) is 15.4 Å². The highest BCUT2D eigenvalue weighted by molar-refractivity contribution is 9.10. The highest BCUT2D eigenvalue weighted by Gasteiger charge is 2.17. The monoisotopic (exact) mass is 374 g/mol. The van der Waals surface area contributed by atoms with Crippen LogP contribution in [0.4, 0.5) is 0 Å². The molecule has 0 amide bonds. The minimum Gasteiger partial charge on any atom is -0.492 e. The lowest BCUT2D eigenvalue weighted by molar-refractivity contribution is 0.314. The van der Waals surface area contributed by atoms with Gasteiger partial charge in [-0.1, -0.05) is 46.3 Å². The summed E-state index contributed by atoms with van der Waals surface area (Å²) in [6.45, 7) is 0.380. The molecular weight excluding hydrogens is 364 g/mol. The van der Waals surface area contributed by atoms with Crippen LogP contribution >= 0.6 is 26.6 Å². The molecule has 0 aliphatic rings. The third kappa shape index (κ3) is 4.23. The Morgan fingerprint density at radius 3 is 2.45 bits per heavy atom. The zero-order valence-electron chi connectivity index (χ0n) is 10.4. The van der Waals surface area contributed by atoms with Gasteiger partial charge in [-0.2, -0.15) is 0 Å². The van der Waals surface area contributed by atoms with Crippen LogP contribution in [0.15, 0.2) is 57.9 Å². The van der Waals surface area contributed by atoms with Crippen molar-refractivity contribution in [1.82, 2.24) is 0 Å². The lowest BCUT2D eigenvalue weighted by atomic mass is 10.2. The molecule has 0 aliphatic carbocycles. The standard InChI is InChI=1S/C14H12BrClO3S/c15-12-6-7-13(14(10-12)20(16,17)18)19-9-8-11-4-2-1-3-5-11/h1-7,10H,8-9H2. The molecule has 2 aromatic carbocycles. The first-order valence-corrected chi connectivity index (χ1v) is 8.98. The molecule has 0 radical (unpaired) electrons. The molecule has 0 aliphatic heterocycles. The molecule has 6 heteroatoms. The predicted octanol–water partition coefficient (Wildman–Crippen LogP) is 4.00. The fraction of sp³-hybridized carbons (Fsp3) is 0.143. The normalized spacial score (nSPS) is 11.3. The van der Waals surface area contributed by atoms with E-state index in [1.807, 2.05) is 30.3 Å². The van der Waals surface area contributed by atoms with Crippen molar-refractivity contribution >= 4 is 35.7 Å². The molecule has 0 aromatic heterocycles. The Labute approximate surface area is 131 Å². The van der Waals surface area contributed by atoms with Gasteiger partial charge in [0, 0.05) is 21.6 Å². The van der Waals surface area contributed by atoms with Gasteiger partial charge >= 0.3 is 0 Å². The molecule has 2 rings (SSSR count). The summed E-state index contributed by atoms with van der Waals surface area (Å²) in [5, 5.41) is 0. The molecule has 0 fully saturated rings. The lowest BCUT2D eigenvalue weighted by Gasteiger charge is -2.10. The van der Waals surface area contributed by atoms with Crippen molar-refractivity contribution in [2.24, 2.45) is 0 Å². The van der Waals surface area contributed by atoms with Crippen molar-refractivity contribution in [3.8, 4) is 5.75 Å². The molecule has 0 unspecified atom stereocenters. The zero-order chi connectivity index (χ0) is 14.6. The van der Waals surface area contributed by atoms with Gasteiger partial charge in [-0.15, -0.1) is 0 Å². The van der Waals surface area contributed by atoms with Crippen molar-refractivity contribution < 1.29 is 13.2 Å². The number of rotatable bonds is 5. The summed E-state index contributed by atoms with van der Waals surface area (Å²) >= 11 is 3.22. The van der Waals surface area contributed by atoms with E-state index in [0.29, 0.717) is 17.5 Å². The number of halogens is 2. The van der Waals surface area contributed by atoms with Gasteiger partial charge in [-0.25, -0.2) is 8.42 Å². The number of hydrogen-bond donors (Lipinski definition) is 0. The molecular formula is C14H12BrClO3S. The van der Waals surface area contributed by atoms with Crippen molar-refractivity contribution in [3.05, 3.63) is 58.6 Å². The third-order valence-corrected chi connectivity index (χ3v) is 4.50. The van der Waals surface area contributed by atoms with Crippen molar-refractivity contribution in [2.45, 2.75) is 11.3 Å². The largest absolute Gasteiger partial charge is 0.492 e. The van der Waals surface area contributed by atoms with Gasteiger partial charge in [0.1, 0.15) is 10.6 Å². The minimum atomic E-state index is -3.83. The van der Waals surface area contributed by atoms with Crippen LogP contribution in [0.3, 0.4) is 0 Å². The summed E-state index contributed by atoms with van der Waals surface area (Å²) in [5.74, 6) is 0.263. The van der Waals surface area contributed by atoms with Crippen LogP contribution in [0.2, 0.25) is 0 Å². The van der Waals surface area contributed by atoms with E-state index in [1.165, 1.54) is 6.07 Å². The van der Waals surface area contributed by atoms with Crippen LogP contribution < -0.4 is 4.74 Å². The van der Waals surface area contributed by atoms with Gasteiger partial charge in [0.2, 0.25) is 0 Å². The smallest absolute Gasteiger partial charge is 0.265 e. The molecule has 0 atom stereocenters. The van der Waals surface area contributed by atoms with Crippen LogP contribution in [0.5, 0.6) is 5.75 Å². The summed E-state index contributed by atoms with van der Waals surface area (Å²) in [4.78, 5) is -0.0263. The van der Waals surface area contributed by atoms with E-state index in [-0.39, 0.29) is 10.6 Å². The number of ether oxygens (including phenoxy) is 1. The van der Waals surface area contributed by atoms with Crippen LogP contribution in [0.1, 0.15) is 5.56 Å². The maximum atomic E-state index is 11.5. The van der Waals surface area contributed by atoms with Crippen LogP contribution in [-0.2, 0) is 15.5 Å². The number of benzene rings is 2. The Morgan fingerprint density at radius 1 is 1.10 bits per heavy atom. The lowest BCUT2D eigenvalue weighted by Crippen LogP contribution is -2.04. The van der Waals surface area contributed by atoms with E-state index in [9.17, 15) is 8.42 Å². The van der Waals surface area contributed by atoms with E-state index in [2.05, 4.69) is 15.9 Å². The molecule has 106 valence electrons. The molecule has 3 nitrogen and oxygen atoms in total. The summed E-state index contributed by atoms with van der Waals surface area (Å²) in [5.41, 5.74) is 1.12. The molecule has 0 bridgehead atoms. The van der Waals surface area contributed by atoms with Crippen LogP contribution in [0.25, 0.3) is 0 Å². The van der Waals surface area contributed by atoms with Crippen molar-refractivity contribution in [3.63, 3.8) is 0 Å². The fourth-order valence-electron chi connectivity index (χ4n) is 1.72. The second-order valence-corrected chi connectivity index (χ2v) is 7.56. The Bertz CT molecular complexity index is 687. The Balaban J connectivity index is 2.10. The first-order valence-electron chi connectivity index (χ1n) is 5.88. The van der Waals surface area contributed by atoms with E-state index >= 15 is 0 Å². The summed E-state index contributed by atoms with van der Waals surface area (Å²) in [6, 6.07) is 14.5. The predicted molar refractivity (Wildman–Crippen MR) is 82.8 cm³/mol. The van der Waals surface area contributed by atoms with Crippen LogP contribution in [0, 0.1) is 0 Å². The molecule has 0 N–H and O–H groups in total. The summed E-state index contributed by atoms with van der Waals surface area (Å²) < 4.78 is 29.2. The zero-order valence-corrected chi connectivity index (χ0v) is 13.6. The Hall–Kier alpha value is -1.04. The maximum Gasteiger partial charge on any atom is 0.265 e. The maximum absolute atomic E-state index is 11.5. The van der Waals surface area contributed by atoms with Gasteiger partial charge in [0.05, 0.1) is 6.61 Å². The van der Waals surface area contributed by atoms with E-state index in [0.717, 1.165) is 5.56 Å². The van der Waals surface area contributed by atoms with E-state index < -0.39 is 9.05 Å². The summed E-state index contributed by atoms with van der Waals surface area (Å²) in [6.07, 6.45) is 0.693.